The second-order valence-electron chi connectivity index (χ2n) is 6.41. The standard InChI is InChI=1S/C18H6F12N2S/c19-15(20,21)11-3-7(4-12(31-11)16(22,23)24)9-1-2-10(33-9)8-5-13(17(25,26)27)32-14(6-8)18(28,29)30/h1-6H. The van der Waals surface area contributed by atoms with Crippen LogP contribution in [-0.4, -0.2) is 9.97 Å². The van der Waals surface area contributed by atoms with E-state index in [1.54, 1.807) is 0 Å². The lowest BCUT2D eigenvalue weighted by molar-refractivity contribution is -0.151. The first-order valence-electron chi connectivity index (χ1n) is 8.29. The Morgan fingerprint density at radius 2 is 0.697 bits per heavy atom. The lowest BCUT2D eigenvalue weighted by Crippen LogP contribution is -2.15. The number of thiophene rings is 1. The van der Waals surface area contributed by atoms with Gasteiger partial charge in [-0.1, -0.05) is 0 Å². The minimum Gasteiger partial charge on any atom is -0.239 e. The molecule has 0 amide bonds. The van der Waals surface area contributed by atoms with Gasteiger partial charge in [-0.3, -0.25) is 0 Å². The van der Waals surface area contributed by atoms with Gasteiger partial charge in [0.05, 0.1) is 0 Å². The summed E-state index contributed by atoms with van der Waals surface area (Å²) in [5.74, 6) is 0. The van der Waals surface area contributed by atoms with Crippen molar-refractivity contribution in [2.75, 3.05) is 0 Å². The Morgan fingerprint density at radius 1 is 0.455 bits per heavy atom. The van der Waals surface area contributed by atoms with E-state index in [1.165, 1.54) is 0 Å². The van der Waals surface area contributed by atoms with E-state index < -0.39 is 58.6 Å². The SMILES string of the molecule is FC(F)(F)c1cc(-c2ccc(-c3cc(C(F)(F)F)nc(C(F)(F)F)c3)s2)cc(C(F)(F)F)n1. The van der Waals surface area contributed by atoms with Crippen LogP contribution in [-0.2, 0) is 24.7 Å². The second kappa shape index (κ2) is 7.88. The number of aromatic nitrogens is 2. The summed E-state index contributed by atoms with van der Waals surface area (Å²) >= 11 is 0.391. The highest BCUT2D eigenvalue weighted by molar-refractivity contribution is 7.18. The average Bonchev–Trinajstić information content (AvgIpc) is 3.15. The summed E-state index contributed by atoms with van der Waals surface area (Å²) in [6, 6.07) is 3.10. The van der Waals surface area contributed by atoms with Crippen molar-refractivity contribution in [3.8, 4) is 20.9 Å². The van der Waals surface area contributed by atoms with Crippen molar-refractivity contribution >= 4 is 11.3 Å². The highest BCUT2D eigenvalue weighted by Crippen LogP contribution is 2.42. The fourth-order valence-corrected chi connectivity index (χ4v) is 3.56. The van der Waals surface area contributed by atoms with E-state index >= 15 is 0 Å². The topological polar surface area (TPSA) is 25.8 Å². The average molecular weight is 510 g/mol. The van der Waals surface area contributed by atoms with Crippen molar-refractivity contribution in [3.63, 3.8) is 0 Å². The summed E-state index contributed by atoms with van der Waals surface area (Å²) in [7, 11) is 0. The van der Waals surface area contributed by atoms with Crippen LogP contribution in [0.3, 0.4) is 0 Å². The zero-order valence-electron chi connectivity index (χ0n) is 15.3. The molecule has 2 nitrogen and oxygen atoms in total. The summed E-state index contributed by atoms with van der Waals surface area (Å²) in [6.07, 6.45) is -21.0. The molecule has 3 aromatic heterocycles. The van der Waals surface area contributed by atoms with Gasteiger partial charge in [-0.15, -0.1) is 11.3 Å². The van der Waals surface area contributed by atoms with Crippen LogP contribution in [0.1, 0.15) is 22.8 Å². The highest BCUT2D eigenvalue weighted by atomic mass is 32.1. The van der Waals surface area contributed by atoms with E-state index in [0.29, 0.717) is 35.6 Å². The largest absolute Gasteiger partial charge is 0.433 e. The molecule has 178 valence electrons. The van der Waals surface area contributed by atoms with E-state index in [0.717, 1.165) is 12.1 Å². The molecule has 0 aliphatic heterocycles. The molecule has 0 aromatic carbocycles. The first kappa shape index (κ1) is 24.8. The lowest BCUT2D eigenvalue weighted by atomic mass is 10.1. The Kier molecular flexibility index (Phi) is 5.92. The maximum Gasteiger partial charge on any atom is 0.433 e. The Bertz CT molecular complexity index is 1010. The van der Waals surface area contributed by atoms with Gasteiger partial charge in [0.1, 0.15) is 22.8 Å². The van der Waals surface area contributed by atoms with Crippen LogP contribution < -0.4 is 0 Å². The normalized spacial score (nSPS) is 13.5. The van der Waals surface area contributed by atoms with Crippen LogP contribution in [0, 0.1) is 0 Å². The first-order chi connectivity index (χ1) is 14.9. The maximum atomic E-state index is 13.0. The van der Waals surface area contributed by atoms with Gasteiger partial charge >= 0.3 is 24.7 Å². The highest BCUT2D eigenvalue weighted by Gasteiger charge is 2.40. The summed E-state index contributed by atoms with van der Waals surface area (Å²) in [5.41, 5.74) is -8.73. The van der Waals surface area contributed by atoms with Crippen LogP contribution in [0.4, 0.5) is 52.7 Å². The van der Waals surface area contributed by atoms with E-state index in [1.807, 2.05) is 0 Å². The van der Waals surface area contributed by atoms with Gasteiger partial charge in [-0.05, 0) is 47.5 Å². The number of hydrogen-bond donors (Lipinski definition) is 0. The van der Waals surface area contributed by atoms with E-state index in [2.05, 4.69) is 9.97 Å². The molecule has 33 heavy (non-hydrogen) atoms. The quantitative estimate of drug-likeness (QED) is 0.327. The predicted molar refractivity (Wildman–Crippen MR) is 90.8 cm³/mol. The minimum absolute atomic E-state index is 0.276. The number of nitrogens with zero attached hydrogens (tertiary/aromatic N) is 2. The van der Waals surface area contributed by atoms with Crippen molar-refractivity contribution in [1.29, 1.82) is 0 Å². The van der Waals surface area contributed by atoms with E-state index in [-0.39, 0.29) is 9.75 Å². The number of hydrogen-bond acceptors (Lipinski definition) is 3. The molecule has 0 atom stereocenters. The van der Waals surface area contributed by atoms with Crippen molar-refractivity contribution in [3.05, 3.63) is 59.2 Å². The predicted octanol–water partition coefficient (Wildman–Crippen LogP) is 7.95. The Hall–Kier alpha value is -2.84. The van der Waals surface area contributed by atoms with Gasteiger partial charge in [-0.25, -0.2) is 9.97 Å². The zero-order chi connectivity index (χ0) is 25.0. The van der Waals surface area contributed by atoms with Crippen LogP contribution >= 0.6 is 11.3 Å². The fraction of sp³-hybridized carbons (Fsp3) is 0.222. The zero-order valence-corrected chi connectivity index (χ0v) is 16.1. The molecule has 0 saturated carbocycles. The molecule has 0 bridgehead atoms. The number of pyridine rings is 2. The smallest absolute Gasteiger partial charge is 0.239 e. The molecular formula is C18H6F12N2S. The molecule has 0 N–H and O–H groups in total. The molecule has 0 fully saturated rings. The Balaban J connectivity index is 2.15. The summed E-state index contributed by atoms with van der Waals surface area (Å²) in [5, 5.41) is 0. The van der Waals surface area contributed by atoms with Gasteiger partial charge in [0.25, 0.3) is 0 Å². The van der Waals surface area contributed by atoms with Gasteiger partial charge < -0.3 is 0 Å². The maximum absolute atomic E-state index is 13.0. The molecule has 0 aliphatic carbocycles. The third kappa shape index (κ3) is 5.57. The molecule has 3 rings (SSSR count). The third-order valence-electron chi connectivity index (χ3n) is 3.99. The Morgan fingerprint density at radius 3 is 0.909 bits per heavy atom. The number of halogens is 12. The molecule has 0 spiro atoms. The van der Waals surface area contributed by atoms with Crippen molar-refractivity contribution in [2.45, 2.75) is 24.7 Å². The summed E-state index contributed by atoms with van der Waals surface area (Å²) in [4.78, 5) is 4.53. The monoisotopic (exact) mass is 510 g/mol. The van der Waals surface area contributed by atoms with Crippen molar-refractivity contribution < 1.29 is 52.7 Å². The van der Waals surface area contributed by atoms with Gasteiger partial charge in [-0.2, -0.15) is 52.7 Å². The Labute approximate surface area is 179 Å². The van der Waals surface area contributed by atoms with Gasteiger partial charge in [0.15, 0.2) is 0 Å². The molecule has 3 aromatic rings. The molecule has 15 heteroatoms. The van der Waals surface area contributed by atoms with Gasteiger partial charge in [0, 0.05) is 9.75 Å². The second-order valence-corrected chi connectivity index (χ2v) is 7.49. The third-order valence-corrected chi connectivity index (χ3v) is 5.17. The van der Waals surface area contributed by atoms with Crippen molar-refractivity contribution in [1.82, 2.24) is 9.97 Å². The fourth-order valence-electron chi connectivity index (χ4n) is 2.57. The number of alkyl halides is 12. The van der Waals surface area contributed by atoms with Crippen LogP contribution in [0.5, 0.6) is 0 Å². The molecule has 0 aliphatic rings. The van der Waals surface area contributed by atoms with E-state index in [9.17, 15) is 52.7 Å². The molecule has 0 saturated heterocycles. The van der Waals surface area contributed by atoms with Crippen LogP contribution in [0.25, 0.3) is 20.9 Å². The summed E-state index contributed by atoms with van der Waals surface area (Å²) < 4.78 is 156. The van der Waals surface area contributed by atoms with Crippen LogP contribution in [0.2, 0.25) is 0 Å². The van der Waals surface area contributed by atoms with Gasteiger partial charge in [0.2, 0.25) is 0 Å². The molecule has 3 heterocycles. The number of rotatable bonds is 2. The first-order valence-corrected chi connectivity index (χ1v) is 9.11. The lowest BCUT2D eigenvalue weighted by Gasteiger charge is -2.13. The molecular weight excluding hydrogens is 504 g/mol. The summed E-state index contributed by atoms with van der Waals surface area (Å²) in [6.45, 7) is 0. The molecule has 0 radical (unpaired) electrons. The molecule has 0 unspecified atom stereocenters. The van der Waals surface area contributed by atoms with Crippen molar-refractivity contribution in [2.24, 2.45) is 0 Å². The van der Waals surface area contributed by atoms with Crippen LogP contribution in [0.15, 0.2) is 36.4 Å². The minimum atomic E-state index is -5.25. The van der Waals surface area contributed by atoms with E-state index in [4.69, 9.17) is 0 Å².